The molecule has 2 heteroatoms. The molecule has 0 amide bonds. The van der Waals surface area contributed by atoms with Gasteiger partial charge < -0.3 is 9.53 Å². The van der Waals surface area contributed by atoms with Gasteiger partial charge in [0.2, 0.25) is 0 Å². The Hall–Kier alpha value is -2.09. The first kappa shape index (κ1) is 10.1. The van der Waals surface area contributed by atoms with Crippen molar-refractivity contribution in [1.82, 2.24) is 0 Å². The van der Waals surface area contributed by atoms with Crippen LogP contribution in [0.4, 0.5) is 0 Å². The van der Waals surface area contributed by atoms with Crippen LogP contribution >= 0.6 is 0 Å². The molecule has 84 valence electrons. The van der Waals surface area contributed by atoms with Crippen LogP contribution in [0.2, 0.25) is 0 Å². The van der Waals surface area contributed by atoms with Crippen molar-refractivity contribution in [2.75, 3.05) is 0 Å². The number of para-hydroxylation sites is 1. The van der Waals surface area contributed by atoms with E-state index in [4.69, 9.17) is 4.74 Å². The zero-order valence-corrected chi connectivity index (χ0v) is 9.30. The van der Waals surface area contributed by atoms with Gasteiger partial charge in [0.1, 0.15) is 18.6 Å². The quantitative estimate of drug-likeness (QED) is 0.696. The summed E-state index contributed by atoms with van der Waals surface area (Å²) in [5.74, 6) is 0.589. The third kappa shape index (κ3) is 1.62. The maximum Gasteiger partial charge on any atom is 0.132 e. The second-order valence-corrected chi connectivity index (χ2v) is 4.14. The van der Waals surface area contributed by atoms with Gasteiger partial charge >= 0.3 is 0 Å². The second kappa shape index (κ2) is 4.06. The summed E-state index contributed by atoms with van der Waals surface area (Å²) in [6.45, 7) is 0.525. The Kier molecular flexibility index (Phi) is 2.41. The highest BCUT2D eigenvalue weighted by Crippen LogP contribution is 2.35. The van der Waals surface area contributed by atoms with E-state index in [2.05, 4.69) is 0 Å². The first-order chi connectivity index (χ1) is 8.40. The van der Waals surface area contributed by atoms with Crippen LogP contribution < -0.4 is 4.74 Å². The molecule has 0 radical (unpaired) electrons. The lowest BCUT2D eigenvalue weighted by Crippen LogP contribution is -2.03. The largest absolute Gasteiger partial charge is 0.489 e. The average Bonchev–Trinajstić information content (AvgIpc) is 2.55. The molecule has 0 N–H and O–H groups in total. The van der Waals surface area contributed by atoms with Gasteiger partial charge in [-0.25, -0.2) is 0 Å². The molecule has 0 fully saturated rings. The Morgan fingerprint density at radius 2 is 1.71 bits per heavy atom. The van der Waals surface area contributed by atoms with E-state index in [1.54, 1.807) is 0 Å². The minimum atomic E-state index is -0.218. The van der Waals surface area contributed by atoms with E-state index in [9.17, 15) is 4.79 Å². The van der Waals surface area contributed by atoms with Gasteiger partial charge in [-0.1, -0.05) is 42.5 Å². The number of carbonyl (C=O) groups is 1. The highest BCUT2D eigenvalue weighted by atomic mass is 16.5. The molecule has 0 spiro atoms. The van der Waals surface area contributed by atoms with Crippen LogP contribution in [0, 0.1) is 0 Å². The fraction of sp³-hybridized carbons (Fsp3) is 0.133. The molecule has 0 saturated heterocycles. The van der Waals surface area contributed by atoms with Crippen molar-refractivity contribution >= 4 is 6.29 Å². The van der Waals surface area contributed by atoms with Gasteiger partial charge in [0.05, 0.1) is 5.92 Å². The summed E-state index contributed by atoms with van der Waals surface area (Å²) in [7, 11) is 0. The Labute approximate surface area is 99.9 Å². The molecule has 2 aromatic carbocycles. The summed E-state index contributed by atoms with van der Waals surface area (Å²) in [6, 6.07) is 15.7. The lowest BCUT2D eigenvalue weighted by Gasteiger charge is -2.11. The van der Waals surface area contributed by atoms with Gasteiger partial charge in [0.25, 0.3) is 0 Å². The molecule has 3 rings (SSSR count). The van der Waals surface area contributed by atoms with Gasteiger partial charge in [-0.05, 0) is 17.2 Å². The van der Waals surface area contributed by atoms with Crippen LogP contribution in [0.1, 0.15) is 22.6 Å². The van der Waals surface area contributed by atoms with Crippen LogP contribution in [0.15, 0.2) is 48.5 Å². The Morgan fingerprint density at radius 1 is 1.00 bits per heavy atom. The van der Waals surface area contributed by atoms with Crippen molar-refractivity contribution in [3.63, 3.8) is 0 Å². The topological polar surface area (TPSA) is 26.3 Å². The Morgan fingerprint density at radius 3 is 2.53 bits per heavy atom. The first-order valence-electron chi connectivity index (χ1n) is 5.65. The minimum Gasteiger partial charge on any atom is -0.489 e. The van der Waals surface area contributed by atoms with Crippen molar-refractivity contribution in [1.29, 1.82) is 0 Å². The molecule has 1 unspecified atom stereocenters. The van der Waals surface area contributed by atoms with Crippen LogP contribution in [0.5, 0.6) is 5.75 Å². The molecule has 2 aromatic rings. The molecule has 0 bridgehead atoms. The molecule has 1 heterocycles. The maximum atomic E-state index is 11.4. The molecule has 2 nitrogen and oxygen atoms in total. The molecule has 0 aromatic heterocycles. The van der Waals surface area contributed by atoms with E-state index in [1.807, 2.05) is 48.5 Å². The minimum absolute atomic E-state index is 0.218. The molecule has 0 saturated carbocycles. The van der Waals surface area contributed by atoms with Gasteiger partial charge in [0.15, 0.2) is 0 Å². The second-order valence-electron chi connectivity index (χ2n) is 4.14. The number of rotatable bonds is 1. The summed E-state index contributed by atoms with van der Waals surface area (Å²) in [4.78, 5) is 11.4. The molecule has 0 aliphatic carbocycles. The third-order valence-corrected chi connectivity index (χ3v) is 3.16. The zero-order valence-electron chi connectivity index (χ0n) is 9.30. The van der Waals surface area contributed by atoms with Crippen LogP contribution in [0.3, 0.4) is 0 Å². The Bertz CT molecular complexity index is 513. The van der Waals surface area contributed by atoms with E-state index < -0.39 is 0 Å². The normalized spacial score (nSPS) is 17.3. The molecule has 17 heavy (non-hydrogen) atoms. The van der Waals surface area contributed by atoms with E-state index >= 15 is 0 Å². The molecular weight excluding hydrogens is 212 g/mol. The van der Waals surface area contributed by atoms with Gasteiger partial charge in [-0.2, -0.15) is 0 Å². The monoisotopic (exact) mass is 224 g/mol. The molecule has 1 atom stereocenters. The van der Waals surface area contributed by atoms with Crippen molar-refractivity contribution in [3.8, 4) is 5.75 Å². The molecule has 1 aliphatic rings. The molecular formula is C15H12O2. The van der Waals surface area contributed by atoms with Gasteiger partial charge in [-0.3, -0.25) is 0 Å². The highest BCUT2D eigenvalue weighted by Gasteiger charge is 2.23. The van der Waals surface area contributed by atoms with Crippen molar-refractivity contribution in [2.24, 2.45) is 0 Å². The summed E-state index contributed by atoms with van der Waals surface area (Å²) < 4.78 is 5.75. The average molecular weight is 224 g/mol. The maximum absolute atomic E-state index is 11.4. The van der Waals surface area contributed by atoms with Crippen molar-refractivity contribution in [2.45, 2.75) is 12.5 Å². The third-order valence-electron chi connectivity index (χ3n) is 3.16. The van der Waals surface area contributed by atoms with E-state index in [0.717, 1.165) is 28.7 Å². The number of carbonyl (C=O) groups excluding carboxylic acids is 1. The first-order valence-corrected chi connectivity index (χ1v) is 5.65. The summed E-state index contributed by atoms with van der Waals surface area (Å²) >= 11 is 0. The fourth-order valence-electron chi connectivity index (χ4n) is 2.31. The van der Waals surface area contributed by atoms with E-state index in [1.165, 1.54) is 0 Å². The Balaban J connectivity index is 2.22. The SMILES string of the molecule is O=CC1c2ccccc2COc2ccccc21. The standard InChI is InChI=1S/C15H12O2/c16-9-14-12-6-2-1-5-11(12)10-17-15-8-4-3-7-13(14)15/h1-9,14H,10H2. The number of ether oxygens (including phenoxy) is 1. The zero-order chi connectivity index (χ0) is 11.7. The predicted octanol–water partition coefficient (Wildman–Crippen LogP) is 2.91. The van der Waals surface area contributed by atoms with Crippen LogP contribution in [-0.4, -0.2) is 6.29 Å². The number of hydrogen-bond acceptors (Lipinski definition) is 2. The van der Waals surface area contributed by atoms with Crippen LogP contribution in [0.25, 0.3) is 0 Å². The van der Waals surface area contributed by atoms with Crippen molar-refractivity contribution < 1.29 is 9.53 Å². The molecule has 1 aliphatic heterocycles. The van der Waals surface area contributed by atoms with E-state index in [0.29, 0.717) is 6.61 Å². The van der Waals surface area contributed by atoms with Crippen molar-refractivity contribution in [3.05, 3.63) is 65.2 Å². The van der Waals surface area contributed by atoms with E-state index in [-0.39, 0.29) is 5.92 Å². The fourth-order valence-corrected chi connectivity index (χ4v) is 2.31. The van der Waals surface area contributed by atoms with Gasteiger partial charge in [0, 0.05) is 5.56 Å². The summed E-state index contributed by atoms with van der Waals surface area (Å²) in [6.07, 6.45) is 0.992. The lowest BCUT2D eigenvalue weighted by atomic mass is 9.90. The number of benzene rings is 2. The summed E-state index contributed by atoms with van der Waals surface area (Å²) in [5, 5.41) is 0. The highest BCUT2D eigenvalue weighted by molar-refractivity contribution is 5.71. The van der Waals surface area contributed by atoms with Crippen LogP contribution in [-0.2, 0) is 11.4 Å². The smallest absolute Gasteiger partial charge is 0.132 e. The lowest BCUT2D eigenvalue weighted by molar-refractivity contribution is -0.108. The number of aldehydes is 1. The number of hydrogen-bond donors (Lipinski definition) is 0. The number of fused-ring (bicyclic) bond motifs is 2. The predicted molar refractivity (Wildman–Crippen MR) is 65.1 cm³/mol. The van der Waals surface area contributed by atoms with Gasteiger partial charge in [-0.15, -0.1) is 0 Å². The summed E-state index contributed by atoms with van der Waals surface area (Å²) in [5.41, 5.74) is 3.08.